The average Bonchev–Trinajstić information content (AvgIpc) is 2.75. The number of likely N-dealkylation sites (tertiary alicyclic amines) is 1. The van der Waals surface area contributed by atoms with Crippen LogP contribution in [0.5, 0.6) is 0 Å². The third-order valence-corrected chi connectivity index (χ3v) is 4.47. The second-order valence-corrected chi connectivity index (χ2v) is 6.88. The van der Waals surface area contributed by atoms with E-state index in [-0.39, 0.29) is 17.8 Å². The predicted molar refractivity (Wildman–Crippen MR) is 89.1 cm³/mol. The number of imidazole rings is 1. The minimum Gasteiger partial charge on any atom is -0.327 e. The summed E-state index contributed by atoms with van der Waals surface area (Å²) in [4.78, 5) is 7.08. The number of piperidine rings is 1. The van der Waals surface area contributed by atoms with Gasteiger partial charge >= 0.3 is 0 Å². The van der Waals surface area contributed by atoms with Gasteiger partial charge in [-0.05, 0) is 24.0 Å². The third-order valence-electron chi connectivity index (χ3n) is 4.24. The summed E-state index contributed by atoms with van der Waals surface area (Å²) in [5.41, 5.74) is 8.38. The van der Waals surface area contributed by atoms with Crippen LogP contribution in [-0.4, -0.2) is 33.4 Å². The maximum atomic E-state index is 6.18. The van der Waals surface area contributed by atoms with Crippen molar-refractivity contribution in [2.75, 3.05) is 13.1 Å². The second-order valence-electron chi connectivity index (χ2n) is 6.44. The van der Waals surface area contributed by atoms with E-state index < -0.39 is 0 Å². The predicted octanol–water partition coefficient (Wildman–Crippen LogP) is 2.97. The highest BCUT2D eigenvalue weighted by Gasteiger charge is 2.33. The Kier molecular flexibility index (Phi) is 4.83. The lowest BCUT2D eigenvalue weighted by molar-refractivity contribution is 0.0890. The number of nitrogens with two attached hydrogens (primary N) is 1. The van der Waals surface area contributed by atoms with E-state index in [4.69, 9.17) is 17.3 Å². The van der Waals surface area contributed by atoms with Gasteiger partial charge in [-0.2, -0.15) is 0 Å². The monoisotopic (exact) mass is 328 g/mol. The van der Waals surface area contributed by atoms with E-state index >= 15 is 0 Å². The Morgan fingerprint density at radius 1 is 1.38 bits per heavy atom. The van der Waals surface area contributed by atoms with E-state index in [1.54, 1.807) is 0 Å². The molecule has 3 heterocycles. The lowest BCUT2D eigenvalue weighted by atomic mass is 9.80. The largest absolute Gasteiger partial charge is 0.327 e. The fourth-order valence-electron chi connectivity index (χ4n) is 2.94. The highest BCUT2D eigenvalue weighted by Crippen LogP contribution is 2.28. The van der Waals surface area contributed by atoms with Crippen LogP contribution >= 0.6 is 24.0 Å². The van der Waals surface area contributed by atoms with E-state index in [0.717, 1.165) is 42.4 Å². The molecule has 1 atom stereocenters. The van der Waals surface area contributed by atoms with Gasteiger partial charge in [0.1, 0.15) is 5.65 Å². The highest BCUT2D eigenvalue weighted by molar-refractivity contribution is 6.30. The van der Waals surface area contributed by atoms with Gasteiger partial charge in [-0.3, -0.25) is 4.90 Å². The van der Waals surface area contributed by atoms with Crippen molar-refractivity contribution in [2.24, 2.45) is 11.1 Å². The molecule has 3 rings (SSSR count). The number of aromatic nitrogens is 2. The minimum atomic E-state index is 0. The molecule has 0 saturated carbocycles. The van der Waals surface area contributed by atoms with Crippen molar-refractivity contribution in [3.8, 4) is 0 Å². The molecular weight excluding hydrogens is 307 g/mol. The molecule has 1 saturated heterocycles. The maximum Gasteiger partial charge on any atom is 0.137 e. The molecule has 1 fully saturated rings. The Hall–Kier alpha value is -0.810. The normalized spacial score (nSPS) is 22.2. The van der Waals surface area contributed by atoms with Crippen LogP contribution in [0.25, 0.3) is 5.65 Å². The molecule has 116 valence electrons. The van der Waals surface area contributed by atoms with Crippen LogP contribution in [0.3, 0.4) is 0 Å². The van der Waals surface area contributed by atoms with Crippen LogP contribution in [-0.2, 0) is 6.54 Å². The fourth-order valence-corrected chi connectivity index (χ4v) is 3.11. The molecule has 0 radical (unpaired) electrons. The van der Waals surface area contributed by atoms with Gasteiger partial charge in [0.05, 0.1) is 10.7 Å². The average molecular weight is 329 g/mol. The molecule has 0 bridgehead atoms. The van der Waals surface area contributed by atoms with Crippen LogP contribution in [0, 0.1) is 5.41 Å². The molecule has 2 N–H and O–H groups in total. The summed E-state index contributed by atoms with van der Waals surface area (Å²) >= 11 is 6.00. The molecule has 0 spiro atoms. The number of fused-ring (bicyclic) bond motifs is 1. The first kappa shape index (κ1) is 16.6. The molecule has 0 amide bonds. The standard InChI is InChI=1S/C15H21ClN4.ClH/c1-15(2)10-19(6-5-13(15)17)8-12-9-20-7-11(16)3-4-14(20)18-12;/h3-4,7,9,13H,5-6,8,10,17H2,1-2H3;1H. The van der Waals surface area contributed by atoms with E-state index in [1.165, 1.54) is 0 Å². The van der Waals surface area contributed by atoms with E-state index in [1.807, 2.05) is 22.7 Å². The van der Waals surface area contributed by atoms with Gasteiger partial charge in [-0.25, -0.2) is 4.98 Å². The molecule has 1 unspecified atom stereocenters. The van der Waals surface area contributed by atoms with Crippen LogP contribution < -0.4 is 5.73 Å². The molecule has 1 aliphatic rings. The first-order valence-electron chi connectivity index (χ1n) is 7.05. The van der Waals surface area contributed by atoms with E-state index in [2.05, 4.69) is 29.9 Å². The number of hydrogen-bond acceptors (Lipinski definition) is 3. The Morgan fingerprint density at radius 2 is 2.14 bits per heavy atom. The molecular formula is C15H22Cl2N4. The summed E-state index contributed by atoms with van der Waals surface area (Å²) in [5, 5.41) is 0.728. The first-order valence-corrected chi connectivity index (χ1v) is 7.43. The van der Waals surface area contributed by atoms with E-state index in [0.29, 0.717) is 6.04 Å². The smallest absolute Gasteiger partial charge is 0.137 e. The molecule has 0 aliphatic carbocycles. The fraction of sp³-hybridized carbons (Fsp3) is 0.533. The number of nitrogens with zero attached hydrogens (tertiary/aromatic N) is 3. The zero-order chi connectivity index (χ0) is 14.3. The zero-order valence-electron chi connectivity index (χ0n) is 12.4. The Morgan fingerprint density at radius 3 is 2.86 bits per heavy atom. The van der Waals surface area contributed by atoms with Crippen LogP contribution in [0.4, 0.5) is 0 Å². The summed E-state index contributed by atoms with van der Waals surface area (Å²) in [5.74, 6) is 0. The maximum absolute atomic E-state index is 6.18. The summed E-state index contributed by atoms with van der Waals surface area (Å²) in [6.07, 6.45) is 5.00. The number of rotatable bonds is 2. The number of hydrogen-bond donors (Lipinski definition) is 1. The van der Waals surface area contributed by atoms with Crippen molar-refractivity contribution in [2.45, 2.75) is 32.9 Å². The SMILES string of the molecule is CC1(C)CN(Cc2cn3cc(Cl)ccc3n2)CCC1N.Cl. The van der Waals surface area contributed by atoms with Crippen molar-refractivity contribution >= 4 is 29.7 Å². The second kappa shape index (κ2) is 6.13. The zero-order valence-corrected chi connectivity index (χ0v) is 14.0. The molecule has 6 heteroatoms. The summed E-state index contributed by atoms with van der Waals surface area (Å²) in [6.45, 7) is 7.41. The van der Waals surface area contributed by atoms with Gasteiger partial charge in [0, 0.05) is 38.1 Å². The minimum absolute atomic E-state index is 0. The lowest BCUT2D eigenvalue weighted by Crippen LogP contribution is -2.52. The molecule has 21 heavy (non-hydrogen) atoms. The van der Waals surface area contributed by atoms with Crippen molar-refractivity contribution in [3.63, 3.8) is 0 Å². The van der Waals surface area contributed by atoms with Crippen molar-refractivity contribution in [1.82, 2.24) is 14.3 Å². The molecule has 0 aromatic carbocycles. The van der Waals surface area contributed by atoms with Gasteiger partial charge in [0.15, 0.2) is 0 Å². The summed E-state index contributed by atoms with van der Waals surface area (Å²) < 4.78 is 1.98. The molecule has 2 aromatic rings. The Bertz CT molecular complexity index is 623. The van der Waals surface area contributed by atoms with E-state index in [9.17, 15) is 0 Å². The molecule has 1 aliphatic heterocycles. The quantitative estimate of drug-likeness (QED) is 0.921. The van der Waals surface area contributed by atoms with Crippen LogP contribution in [0.2, 0.25) is 5.02 Å². The topological polar surface area (TPSA) is 46.6 Å². The summed E-state index contributed by atoms with van der Waals surface area (Å²) in [6, 6.07) is 4.11. The van der Waals surface area contributed by atoms with Crippen LogP contribution in [0.1, 0.15) is 26.0 Å². The van der Waals surface area contributed by atoms with Gasteiger partial charge in [0.25, 0.3) is 0 Å². The molecule has 4 nitrogen and oxygen atoms in total. The van der Waals surface area contributed by atoms with Gasteiger partial charge in [-0.15, -0.1) is 12.4 Å². The molecule has 2 aromatic heterocycles. The van der Waals surface area contributed by atoms with Crippen molar-refractivity contribution < 1.29 is 0 Å². The first-order chi connectivity index (χ1) is 9.44. The van der Waals surface area contributed by atoms with Crippen molar-refractivity contribution in [1.29, 1.82) is 0 Å². The van der Waals surface area contributed by atoms with Crippen molar-refractivity contribution in [3.05, 3.63) is 35.2 Å². The van der Waals surface area contributed by atoms with Gasteiger partial charge in [0.2, 0.25) is 0 Å². The van der Waals surface area contributed by atoms with Crippen LogP contribution in [0.15, 0.2) is 24.5 Å². The lowest BCUT2D eigenvalue weighted by Gasteiger charge is -2.42. The Balaban J connectivity index is 0.00000161. The number of halogens is 2. The van der Waals surface area contributed by atoms with Gasteiger partial charge in [-0.1, -0.05) is 25.4 Å². The van der Waals surface area contributed by atoms with Gasteiger partial charge < -0.3 is 10.1 Å². The highest BCUT2D eigenvalue weighted by atomic mass is 35.5. The summed E-state index contributed by atoms with van der Waals surface area (Å²) in [7, 11) is 0. The Labute approximate surface area is 136 Å². The third kappa shape index (κ3) is 3.51. The number of pyridine rings is 1.